The number of fused-ring (bicyclic) bond motifs is 3. The van der Waals surface area contributed by atoms with Gasteiger partial charge in [-0.1, -0.05) is 18.6 Å². The first-order valence-corrected chi connectivity index (χ1v) is 13.3. The first-order valence-electron chi connectivity index (χ1n) is 13.3. The lowest BCUT2D eigenvalue weighted by Gasteiger charge is -2.27. The molecule has 8 nitrogen and oxygen atoms in total. The summed E-state index contributed by atoms with van der Waals surface area (Å²) in [4.78, 5) is 28.8. The van der Waals surface area contributed by atoms with E-state index in [4.69, 9.17) is 4.74 Å². The molecule has 2 aromatic carbocycles. The molecule has 3 N–H and O–H groups in total. The maximum absolute atomic E-state index is 13.3. The number of benzene rings is 2. The average molecular weight is 492 g/mol. The quantitative estimate of drug-likeness (QED) is 0.496. The van der Waals surface area contributed by atoms with Gasteiger partial charge in [0.05, 0.1) is 35.7 Å². The molecule has 0 saturated carbocycles. The lowest BCUT2D eigenvalue weighted by atomic mass is 10.1. The van der Waals surface area contributed by atoms with E-state index < -0.39 is 0 Å². The predicted octanol–water partition coefficient (Wildman–Crippen LogP) is 4.66. The van der Waals surface area contributed by atoms with Crippen LogP contribution in [0.1, 0.15) is 62.6 Å². The van der Waals surface area contributed by atoms with E-state index in [1.54, 1.807) is 4.68 Å². The molecule has 36 heavy (non-hydrogen) atoms. The predicted molar refractivity (Wildman–Crippen MR) is 144 cm³/mol. The molecule has 0 aliphatic carbocycles. The molecular weight excluding hydrogens is 454 g/mol. The number of aromatic amines is 1. The molecule has 1 saturated heterocycles. The number of amides is 1. The number of para-hydroxylation sites is 1. The molecule has 3 heterocycles. The van der Waals surface area contributed by atoms with Crippen molar-refractivity contribution in [2.45, 2.75) is 64.5 Å². The van der Waals surface area contributed by atoms with E-state index in [1.807, 2.05) is 25.2 Å². The Hall–Kier alpha value is -3.26. The number of ether oxygens (including phenoxy) is 1. The molecule has 0 spiro atoms. The molecule has 2 aliphatic rings. The topological polar surface area (TPSA) is 91.4 Å². The number of nitrogens with zero attached hydrogens (tertiary/aromatic N) is 2. The fourth-order valence-electron chi connectivity index (χ4n) is 5.50. The minimum Gasteiger partial charge on any atom is -0.491 e. The lowest BCUT2D eigenvalue weighted by molar-refractivity contribution is -0.115. The van der Waals surface area contributed by atoms with Crippen LogP contribution >= 0.6 is 0 Å². The number of hydrogen-bond donors (Lipinski definition) is 3. The highest BCUT2D eigenvalue weighted by Crippen LogP contribution is 2.35. The van der Waals surface area contributed by atoms with Crippen molar-refractivity contribution in [3.63, 3.8) is 0 Å². The van der Waals surface area contributed by atoms with Gasteiger partial charge in [-0.15, -0.1) is 0 Å². The Balaban J connectivity index is 1.50. The first kappa shape index (κ1) is 24.4. The van der Waals surface area contributed by atoms with Crippen molar-refractivity contribution < 1.29 is 9.53 Å². The van der Waals surface area contributed by atoms with Crippen LogP contribution in [0, 0.1) is 0 Å². The third kappa shape index (κ3) is 5.14. The molecule has 192 valence electrons. The van der Waals surface area contributed by atoms with Crippen molar-refractivity contribution in [3.05, 3.63) is 51.8 Å². The summed E-state index contributed by atoms with van der Waals surface area (Å²) in [6.07, 6.45) is 6.62. The van der Waals surface area contributed by atoms with Crippen LogP contribution in [0.5, 0.6) is 5.75 Å². The Bertz CT molecular complexity index is 1290. The molecule has 1 aromatic heterocycles. The number of aromatic nitrogens is 2. The Labute approximate surface area is 212 Å². The van der Waals surface area contributed by atoms with Crippen molar-refractivity contribution in [2.75, 3.05) is 37.4 Å². The zero-order valence-corrected chi connectivity index (χ0v) is 21.4. The van der Waals surface area contributed by atoms with Crippen molar-refractivity contribution in [2.24, 2.45) is 0 Å². The summed E-state index contributed by atoms with van der Waals surface area (Å²) in [5.74, 6) is 0.640. The van der Waals surface area contributed by atoms with Gasteiger partial charge in [0.1, 0.15) is 11.4 Å². The summed E-state index contributed by atoms with van der Waals surface area (Å²) >= 11 is 0. The van der Waals surface area contributed by atoms with Gasteiger partial charge in [-0.3, -0.25) is 19.6 Å². The van der Waals surface area contributed by atoms with Crippen LogP contribution in [-0.4, -0.2) is 47.3 Å². The summed E-state index contributed by atoms with van der Waals surface area (Å²) in [5.41, 5.74) is 4.18. The lowest BCUT2D eigenvalue weighted by Crippen LogP contribution is -2.29. The molecular formula is C28H37N5O3. The third-order valence-corrected chi connectivity index (χ3v) is 7.44. The smallest absolute Gasteiger partial charge is 0.274 e. The third-order valence-electron chi connectivity index (χ3n) is 7.44. The van der Waals surface area contributed by atoms with E-state index in [9.17, 15) is 9.59 Å². The highest BCUT2D eigenvalue weighted by atomic mass is 16.5. The van der Waals surface area contributed by atoms with Crippen LogP contribution < -0.4 is 20.9 Å². The zero-order chi connectivity index (χ0) is 25.1. The van der Waals surface area contributed by atoms with Gasteiger partial charge >= 0.3 is 0 Å². The van der Waals surface area contributed by atoms with Crippen LogP contribution in [0.4, 0.5) is 11.4 Å². The van der Waals surface area contributed by atoms with Crippen molar-refractivity contribution >= 4 is 28.2 Å². The van der Waals surface area contributed by atoms with Gasteiger partial charge in [-0.05, 0) is 81.4 Å². The second-order valence-corrected chi connectivity index (χ2v) is 10.1. The van der Waals surface area contributed by atoms with E-state index in [2.05, 4.69) is 39.7 Å². The summed E-state index contributed by atoms with van der Waals surface area (Å²) < 4.78 is 7.96. The maximum atomic E-state index is 13.3. The Kier molecular flexibility index (Phi) is 7.32. The molecule has 1 fully saturated rings. The molecule has 8 heteroatoms. The van der Waals surface area contributed by atoms with Gasteiger partial charge in [0.15, 0.2) is 0 Å². The molecule has 1 atom stereocenters. The van der Waals surface area contributed by atoms with E-state index >= 15 is 0 Å². The number of H-pyrrole nitrogens is 1. The highest BCUT2D eigenvalue weighted by molar-refractivity contribution is 5.98. The molecule has 0 radical (unpaired) electrons. The van der Waals surface area contributed by atoms with Gasteiger partial charge in [0.25, 0.3) is 5.56 Å². The number of carbonyl (C=O) groups is 1. The van der Waals surface area contributed by atoms with Crippen molar-refractivity contribution in [3.8, 4) is 5.75 Å². The Morgan fingerprint density at radius 3 is 2.72 bits per heavy atom. The van der Waals surface area contributed by atoms with Gasteiger partial charge < -0.3 is 15.4 Å². The summed E-state index contributed by atoms with van der Waals surface area (Å²) in [5, 5.41) is 10.3. The average Bonchev–Trinajstić information content (AvgIpc) is 3.21. The van der Waals surface area contributed by atoms with Crippen LogP contribution in [0.2, 0.25) is 0 Å². The van der Waals surface area contributed by atoms with E-state index in [1.165, 1.54) is 19.3 Å². The number of hydrogen-bond acceptors (Lipinski definition) is 5. The standard InChI is InChI=1S/C28H37N5O3/c1-19-9-4-7-14-36-24-16-20(18-32-12-5-3-6-13-32)15-23(27(24)29-2)30-25(34)17-21-10-8-11-22-26(21)31-33(19)28(22)35/h8,10-11,15-16,19,29,31H,3-7,9,12-14,17-18H2,1-2H3,(H,30,34). The number of carbonyl (C=O) groups excluding carboxylic acids is 1. The molecule has 3 aromatic rings. The van der Waals surface area contributed by atoms with Crippen molar-refractivity contribution in [1.82, 2.24) is 14.7 Å². The number of rotatable bonds is 3. The van der Waals surface area contributed by atoms with E-state index in [0.717, 1.165) is 72.7 Å². The largest absolute Gasteiger partial charge is 0.491 e. The monoisotopic (exact) mass is 491 g/mol. The molecule has 2 aliphatic heterocycles. The minimum absolute atomic E-state index is 0.0341. The number of anilines is 2. The number of nitrogens with one attached hydrogen (secondary N) is 3. The zero-order valence-electron chi connectivity index (χ0n) is 21.4. The van der Waals surface area contributed by atoms with E-state index in [-0.39, 0.29) is 23.9 Å². The number of likely N-dealkylation sites (tertiary alicyclic amines) is 1. The second-order valence-electron chi connectivity index (χ2n) is 10.1. The maximum Gasteiger partial charge on any atom is 0.274 e. The van der Waals surface area contributed by atoms with Gasteiger partial charge in [-0.2, -0.15) is 0 Å². The SMILES string of the molecule is CNc1c2cc(CN3CCCCC3)cc1OCCCCC(C)n1[nH]c3c(cccc3c1=O)CC(=O)N2. The van der Waals surface area contributed by atoms with E-state index in [0.29, 0.717) is 12.0 Å². The Morgan fingerprint density at radius 2 is 1.92 bits per heavy atom. The summed E-state index contributed by atoms with van der Waals surface area (Å²) in [6.45, 7) is 5.68. The van der Waals surface area contributed by atoms with Crippen LogP contribution in [-0.2, 0) is 17.8 Å². The fourth-order valence-corrected chi connectivity index (χ4v) is 5.50. The van der Waals surface area contributed by atoms with Crippen LogP contribution in [0.15, 0.2) is 35.1 Å². The molecule has 1 unspecified atom stereocenters. The van der Waals surface area contributed by atoms with Crippen LogP contribution in [0.25, 0.3) is 10.9 Å². The summed E-state index contributed by atoms with van der Waals surface area (Å²) in [6, 6.07) is 9.81. The molecule has 5 rings (SSSR count). The normalized spacial score (nSPS) is 19.7. The molecule has 4 bridgehead atoms. The Morgan fingerprint density at radius 1 is 1.08 bits per heavy atom. The molecule has 1 amide bonds. The number of piperidine rings is 1. The fraction of sp³-hybridized carbons (Fsp3) is 0.500. The van der Waals surface area contributed by atoms with Gasteiger partial charge in [-0.25, -0.2) is 4.68 Å². The van der Waals surface area contributed by atoms with Crippen LogP contribution in [0.3, 0.4) is 0 Å². The minimum atomic E-state index is -0.131. The summed E-state index contributed by atoms with van der Waals surface area (Å²) in [7, 11) is 1.86. The first-order chi connectivity index (χ1) is 17.5. The van der Waals surface area contributed by atoms with Crippen molar-refractivity contribution in [1.29, 1.82) is 0 Å². The second kappa shape index (κ2) is 10.8. The van der Waals surface area contributed by atoms with Gasteiger partial charge in [0, 0.05) is 13.6 Å². The van der Waals surface area contributed by atoms with Gasteiger partial charge in [0.2, 0.25) is 5.91 Å². The highest BCUT2D eigenvalue weighted by Gasteiger charge is 2.20.